The zero-order valence-electron chi connectivity index (χ0n) is 14.3. The maximum atomic E-state index is 12.5. The number of hydrogen-bond acceptors (Lipinski definition) is 3. The largest absolute Gasteiger partial charge is 0.340 e. The maximum absolute atomic E-state index is 12.5. The highest BCUT2D eigenvalue weighted by molar-refractivity contribution is 6.07. The van der Waals surface area contributed by atoms with Crippen LogP contribution in [0.4, 0.5) is 0 Å². The zero-order chi connectivity index (χ0) is 17.3. The van der Waals surface area contributed by atoms with Crippen LogP contribution in [0.15, 0.2) is 24.3 Å². The molecular weight excluding hydrogens is 304 g/mol. The first-order valence-electron chi connectivity index (χ1n) is 8.62. The fraction of sp³-hybridized carbons (Fsp3) is 0.526. The number of fused-ring (bicyclic) bond motifs is 1. The average molecular weight is 328 g/mol. The van der Waals surface area contributed by atoms with Crippen LogP contribution in [-0.4, -0.2) is 41.1 Å². The smallest absolute Gasteiger partial charge is 0.242 e. The highest BCUT2D eigenvalue weighted by atomic mass is 16.2. The minimum absolute atomic E-state index is 0.132. The van der Waals surface area contributed by atoms with Crippen LogP contribution in [0.25, 0.3) is 0 Å². The maximum Gasteiger partial charge on any atom is 0.242 e. The van der Waals surface area contributed by atoms with Crippen molar-refractivity contribution in [3.8, 4) is 0 Å². The standard InChI is InChI=1S/C19H24N2O3/c1-13-7-3-4-8-14(13)11-20(2)17(22)12-21-18(23)15-9-5-6-10-16(15)19(21)24/h3-4,7-8,15-16H,5-6,9-12H2,1-2H3. The van der Waals surface area contributed by atoms with Crippen LogP contribution in [-0.2, 0) is 20.9 Å². The number of hydrogen-bond donors (Lipinski definition) is 0. The van der Waals surface area contributed by atoms with E-state index in [0.29, 0.717) is 6.54 Å². The third-order valence-electron chi connectivity index (χ3n) is 5.32. The fourth-order valence-corrected chi connectivity index (χ4v) is 3.77. The number of nitrogens with zero attached hydrogens (tertiary/aromatic N) is 2. The van der Waals surface area contributed by atoms with Gasteiger partial charge in [0, 0.05) is 13.6 Å². The highest BCUT2D eigenvalue weighted by Crippen LogP contribution is 2.37. The Labute approximate surface area is 142 Å². The minimum Gasteiger partial charge on any atom is -0.340 e. The molecule has 1 aliphatic carbocycles. The van der Waals surface area contributed by atoms with Gasteiger partial charge in [-0.25, -0.2) is 0 Å². The van der Waals surface area contributed by atoms with E-state index in [1.54, 1.807) is 11.9 Å². The van der Waals surface area contributed by atoms with Gasteiger partial charge >= 0.3 is 0 Å². The van der Waals surface area contributed by atoms with Crippen LogP contribution in [0, 0.1) is 18.8 Å². The molecule has 0 spiro atoms. The molecule has 5 heteroatoms. The van der Waals surface area contributed by atoms with Crippen molar-refractivity contribution in [1.29, 1.82) is 0 Å². The van der Waals surface area contributed by atoms with Gasteiger partial charge in [-0.2, -0.15) is 0 Å². The second kappa shape index (κ2) is 6.75. The first kappa shape index (κ1) is 16.7. The molecule has 3 rings (SSSR count). The average Bonchev–Trinajstić information content (AvgIpc) is 2.82. The predicted octanol–water partition coefficient (Wildman–Crippen LogP) is 2.13. The van der Waals surface area contributed by atoms with Crippen molar-refractivity contribution in [3.05, 3.63) is 35.4 Å². The summed E-state index contributed by atoms with van der Waals surface area (Å²) in [6.07, 6.45) is 3.54. The summed E-state index contributed by atoms with van der Waals surface area (Å²) in [6.45, 7) is 2.35. The summed E-state index contributed by atoms with van der Waals surface area (Å²) in [5, 5.41) is 0. The molecule has 0 bridgehead atoms. The van der Waals surface area contributed by atoms with Crippen LogP contribution in [0.1, 0.15) is 36.8 Å². The molecule has 1 aromatic carbocycles. The molecule has 0 aromatic heterocycles. The zero-order valence-corrected chi connectivity index (χ0v) is 14.3. The van der Waals surface area contributed by atoms with Gasteiger partial charge < -0.3 is 4.90 Å². The number of aryl methyl sites for hydroxylation is 1. The van der Waals surface area contributed by atoms with Gasteiger partial charge in [-0.1, -0.05) is 37.1 Å². The second-order valence-electron chi connectivity index (χ2n) is 6.94. The second-order valence-corrected chi connectivity index (χ2v) is 6.94. The number of rotatable bonds is 4. The molecule has 1 aliphatic heterocycles. The molecular formula is C19H24N2O3. The van der Waals surface area contributed by atoms with Crippen molar-refractivity contribution in [3.63, 3.8) is 0 Å². The van der Waals surface area contributed by atoms with Crippen molar-refractivity contribution in [2.45, 2.75) is 39.2 Å². The Kier molecular flexibility index (Phi) is 4.69. The number of benzene rings is 1. The normalized spacial score (nSPS) is 23.3. The Morgan fingerprint density at radius 2 is 1.71 bits per heavy atom. The van der Waals surface area contributed by atoms with E-state index >= 15 is 0 Å². The van der Waals surface area contributed by atoms with Crippen molar-refractivity contribution in [1.82, 2.24) is 9.80 Å². The summed E-state index contributed by atoms with van der Waals surface area (Å²) in [5.41, 5.74) is 2.19. The third kappa shape index (κ3) is 3.07. The van der Waals surface area contributed by atoms with Crippen molar-refractivity contribution >= 4 is 17.7 Å². The number of likely N-dealkylation sites (N-methyl/N-ethyl adjacent to an activating group) is 1. The quantitative estimate of drug-likeness (QED) is 0.796. The molecule has 0 radical (unpaired) electrons. The van der Waals surface area contributed by atoms with Crippen molar-refractivity contribution in [2.24, 2.45) is 11.8 Å². The molecule has 1 saturated heterocycles. The van der Waals surface area contributed by atoms with Crippen LogP contribution in [0.3, 0.4) is 0 Å². The fourth-order valence-electron chi connectivity index (χ4n) is 3.77. The Bertz CT molecular complexity index is 646. The van der Waals surface area contributed by atoms with Crippen molar-refractivity contribution in [2.75, 3.05) is 13.6 Å². The van der Waals surface area contributed by atoms with Gasteiger partial charge in [-0.15, -0.1) is 0 Å². The Morgan fingerprint density at radius 1 is 1.12 bits per heavy atom. The Balaban J connectivity index is 1.65. The summed E-state index contributed by atoms with van der Waals surface area (Å²) in [4.78, 5) is 40.2. The first-order valence-corrected chi connectivity index (χ1v) is 8.62. The highest BCUT2D eigenvalue weighted by Gasteiger charge is 2.48. The SMILES string of the molecule is Cc1ccccc1CN(C)C(=O)CN1C(=O)C2CCCCC2C1=O. The number of amides is 3. The lowest BCUT2D eigenvalue weighted by atomic mass is 9.81. The van der Waals surface area contributed by atoms with E-state index in [1.165, 1.54) is 4.90 Å². The van der Waals surface area contributed by atoms with Gasteiger partial charge in [-0.05, 0) is 30.9 Å². The molecule has 1 heterocycles. The van der Waals surface area contributed by atoms with Gasteiger partial charge in [0.05, 0.1) is 11.8 Å². The van der Waals surface area contributed by atoms with Crippen molar-refractivity contribution < 1.29 is 14.4 Å². The van der Waals surface area contributed by atoms with Gasteiger partial charge in [0.2, 0.25) is 17.7 Å². The van der Waals surface area contributed by atoms with E-state index in [1.807, 2.05) is 31.2 Å². The van der Waals surface area contributed by atoms with Crippen LogP contribution < -0.4 is 0 Å². The van der Waals surface area contributed by atoms with Crippen LogP contribution in [0.5, 0.6) is 0 Å². The summed E-state index contributed by atoms with van der Waals surface area (Å²) in [6, 6.07) is 7.90. The molecule has 3 amide bonds. The van der Waals surface area contributed by atoms with Gasteiger partial charge in [0.15, 0.2) is 0 Å². The minimum atomic E-state index is -0.196. The molecule has 1 aromatic rings. The Hall–Kier alpha value is -2.17. The lowest BCUT2D eigenvalue weighted by Crippen LogP contribution is -2.41. The molecule has 1 saturated carbocycles. The summed E-state index contributed by atoms with van der Waals surface area (Å²) < 4.78 is 0. The first-order chi connectivity index (χ1) is 11.5. The predicted molar refractivity (Wildman–Crippen MR) is 89.8 cm³/mol. The van der Waals surface area contributed by atoms with E-state index in [2.05, 4.69) is 0 Å². The molecule has 2 atom stereocenters. The molecule has 24 heavy (non-hydrogen) atoms. The van der Waals surface area contributed by atoms with E-state index in [-0.39, 0.29) is 36.1 Å². The molecule has 2 aliphatic rings. The molecule has 2 fully saturated rings. The van der Waals surface area contributed by atoms with E-state index in [0.717, 1.165) is 36.8 Å². The molecule has 5 nitrogen and oxygen atoms in total. The summed E-state index contributed by atoms with van der Waals surface area (Å²) in [5.74, 6) is -0.885. The molecule has 2 unspecified atom stereocenters. The van der Waals surface area contributed by atoms with Gasteiger partial charge in [0.1, 0.15) is 6.54 Å². The number of likely N-dealkylation sites (tertiary alicyclic amines) is 1. The lowest BCUT2D eigenvalue weighted by molar-refractivity contribution is -0.146. The van der Waals surface area contributed by atoms with Gasteiger partial charge in [-0.3, -0.25) is 19.3 Å². The summed E-state index contributed by atoms with van der Waals surface area (Å²) >= 11 is 0. The van der Waals surface area contributed by atoms with E-state index in [4.69, 9.17) is 0 Å². The number of carbonyl (C=O) groups excluding carboxylic acids is 3. The third-order valence-corrected chi connectivity index (χ3v) is 5.32. The monoisotopic (exact) mass is 328 g/mol. The van der Waals surface area contributed by atoms with E-state index < -0.39 is 0 Å². The number of carbonyl (C=O) groups is 3. The number of imide groups is 1. The van der Waals surface area contributed by atoms with E-state index in [9.17, 15) is 14.4 Å². The van der Waals surface area contributed by atoms with Gasteiger partial charge in [0.25, 0.3) is 0 Å². The van der Waals surface area contributed by atoms with Crippen LogP contribution in [0.2, 0.25) is 0 Å². The Morgan fingerprint density at radius 3 is 2.29 bits per heavy atom. The van der Waals surface area contributed by atoms with Crippen LogP contribution >= 0.6 is 0 Å². The topological polar surface area (TPSA) is 57.7 Å². The lowest BCUT2D eigenvalue weighted by Gasteiger charge is -2.22. The molecule has 0 N–H and O–H groups in total. The summed E-state index contributed by atoms with van der Waals surface area (Å²) in [7, 11) is 1.72. The molecule has 128 valence electrons.